The third kappa shape index (κ3) is 4.49. The van der Waals surface area contributed by atoms with E-state index >= 15 is 0 Å². The molecule has 1 aromatic rings. The van der Waals surface area contributed by atoms with Crippen LogP contribution >= 0.6 is 15.9 Å². The van der Waals surface area contributed by atoms with Crippen LogP contribution in [0.2, 0.25) is 18.1 Å². The molecule has 0 saturated carbocycles. The van der Waals surface area contributed by atoms with Gasteiger partial charge in [0.15, 0.2) is 8.32 Å². The van der Waals surface area contributed by atoms with Crippen molar-refractivity contribution in [1.82, 2.24) is 4.90 Å². The molecular formula is C19H30BrNO2Si. The molecule has 0 radical (unpaired) electrons. The van der Waals surface area contributed by atoms with Crippen molar-refractivity contribution in [2.75, 3.05) is 13.2 Å². The second-order valence-electron chi connectivity index (χ2n) is 8.20. The fraction of sp³-hybridized carbons (Fsp3) is 0.632. The number of hydrogen-bond acceptors (Lipinski definition) is 2. The molecule has 24 heavy (non-hydrogen) atoms. The van der Waals surface area contributed by atoms with Crippen molar-refractivity contribution >= 4 is 30.2 Å². The van der Waals surface area contributed by atoms with Crippen LogP contribution in [0, 0.1) is 0 Å². The Morgan fingerprint density at radius 3 is 2.58 bits per heavy atom. The summed E-state index contributed by atoms with van der Waals surface area (Å²) in [4.78, 5) is 15.0. The van der Waals surface area contributed by atoms with Crippen molar-refractivity contribution in [2.24, 2.45) is 0 Å². The number of benzene rings is 1. The number of amides is 1. The molecule has 0 N–H and O–H groups in total. The van der Waals surface area contributed by atoms with Crippen LogP contribution in [-0.2, 0) is 4.43 Å². The Hall–Kier alpha value is -0.653. The Kier molecular flexibility index (Phi) is 6.32. The van der Waals surface area contributed by atoms with Crippen LogP contribution in [0.1, 0.15) is 50.4 Å². The van der Waals surface area contributed by atoms with E-state index in [0.29, 0.717) is 6.61 Å². The summed E-state index contributed by atoms with van der Waals surface area (Å²) < 4.78 is 7.28. The highest BCUT2D eigenvalue weighted by molar-refractivity contribution is 9.10. The monoisotopic (exact) mass is 411 g/mol. The molecule has 3 nitrogen and oxygen atoms in total. The number of likely N-dealkylation sites (tertiary alicyclic amines) is 1. The van der Waals surface area contributed by atoms with Gasteiger partial charge in [-0.25, -0.2) is 0 Å². The number of rotatable bonds is 4. The number of carbonyl (C=O) groups excluding carboxylic acids is 1. The number of piperidine rings is 1. The molecule has 1 aliphatic rings. The van der Waals surface area contributed by atoms with Gasteiger partial charge >= 0.3 is 0 Å². The van der Waals surface area contributed by atoms with E-state index in [1.165, 1.54) is 6.42 Å². The molecule has 0 aliphatic carbocycles. The third-order valence-electron chi connectivity index (χ3n) is 5.44. The first kappa shape index (κ1) is 19.7. The lowest BCUT2D eigenvalue weighted by Crippen LogP contribution is -2.50. The summed E-state index contributed by atoms with van der Waals surface area (Å²) >= 11 is 3.51. The molecule has 1 aromatic carbocycles. The van der Waals surface area contributed by atoms with Gasteiger partial charge in [-0.3, -0.25) is 4.79 Å². The number of hydrogen-bond donors (Lipinski definition) is 0. The SMILES string of the molecule is CC(C)(C)[Si](C)(C)OC[C@@H]1CCCCN1C(=O)c1ccccc1Br. The second kappa shape index (κ2) is 7.71. The lowest BCUT2D eigenvalue weighted by molar-refractivity contribution is 0.0514. The average molecular weight is 412 g/mol. The molecule has 134 valence electrons. The van der Waals surface area contributed by atoms with Gasteiger partial charge in [0.1, 0.15) is 0 Å². The minimum atomic E-state index is -1.79. The average Bonchev–Trinajstić information content (AvgIpc) is 2.52. The second-order valence-corrected chi connectivity index (χ2v) is 13.9. The molecule has 2 rings (SSSR count). The maximum Gasteiger partial charge on any atom is 0.255 e. The van der Waals surface area contributed by atoms with Crippen molar-refractivity contribution < 1.29 is 9.22 Å². The van der Waals surface area contributed by atoms with Crippen LogP contribution in [0.3, 0.4) is 0 Å². The molecule has 0 unspecified atom stereocenters. The quantitative estimate of drug-likeness (QED) is 0.614. The number of halogens is 1. The zero-order valence-electron chi connectivity index (χ0n) is 15.6. The van der Waals surface area contributed by atoms with Crippen molar-refractivity contribution in [3.05, 3.63) is 34.3 Å². The molecule has 1 aliphatic heterocycles. The summed E-state index contributed by atoms with van der Waals surface area (Å²) in [5, 5.41) is 0.193. The van der Waals surface area contributed by atoms with E-state index in [0.717, 1.165) is 29.4 Å². The maximum atomic E-state index is 13.0. The van der Waals surface area contributed by atoms with E-state index in [-0.39, 0.29) is 17.0 Å². The first-order valence-electron chi connectivity index (χ1n) is 8.83. The van der Waals surface area contributed by atoms with E-state index < -0.39 is 8.32 Å². The highest BCUT2D eigenvalue weighted by Gasteiger charge is 2.38. The van der Waals surface area contributed by atoms with E-state index in [9.17, 15) is 4.79 Å². The largest absolute Gasteiger partial charge is 0.415 e. The normalized spacial score (nSPS) is 19.4. The molecule has 1 heterocycles. The molecule has 0 aromatic heterocycles. The van der Waals surface area contributed by atoms with Gasteiger partial charge in [-0.05, 0) is 65.5 Å². The summed E-state index contributed by atoms with van der Waals surface area (Å²) in [5.74, 6) is 0.117. The van der Waals surface area contributed by atoms with Crippen LogP contribution < -0.4 is 0 Å². The molecule has 1 fully saturated rings. The van der Waals surface area contributed by atoms with E-state index in [1.807, 2.05) is 29.2 Å². The van der Waals surface area contributed by atoms with Crippen LogP contribution in [-0.4, -0.2) is 38.3 Å². The first-order valence-corrected chi connectivity index (χ1v) is 12.5. The molecule has 1 amide bonds. The molecule has 1 atom stereocenters. The summed E-state index contributed by atoms with van der Waals surface area (Å²) in [6.45, 7) is 12.8. The highest BCUT2D eigenvalue weighted by atomic mass is 79.9. The van der Waals surface area contributed by atoms with E-state index in [1.54, 1.807) is 0 Å². The predicted octanol–water partition coefficient (Wildman–Crippen LogP) is 5.47. The third-order valence-corrected chi connectivity index (χ3v) is 10.6. The van der Waals surface area contributed by atoms with Crippen molar-refractivity contribution in [3.63, 3.8) is 0 Å². The van der Waals surface area contributed by atoms with Gasteiger partial charge in [-0.15, -0.1) is 0 Å². The van der Waals surface area contributed by atoms with E-state index in [4.69, 9.17) is 4.43 Å². The molecule has 5 heteroatoms. The van der Waals surface area contributed by atoms with Crippen molar-refractivity contribution in [3.8, 4) is 0 Å². The smallest absolute Gasteiger partial charge is 0.255 e. The molecular weight excluding hydrogens is 382 g/mol. The Morgan fingerprint density at radius 2 is 1.96 bits per heavy atom. The summed E-state index contributed by atoms with van der Waals surface area (Å²) in [6.07, 6.45) is 3.28. The van der Waals surface area contributed by atoms with Crippen LogP contribution in [0.5, 0.6) is 0 Å². The number of carbonyl (C=O) groups is 1. The Balaban J connectivity index is 2.11. The lowest BCUT2D eigenvalue weighted by Gasteiger charge is -2.41. The van der Waals surface area contributed by atoms with Crippen LogP contribution in [0.15, 0.2) is 28.7 Å². The van der Waals surface area contributed by atoms with Gasteiger partial charge in [0.2, 0.25) is 0 Å². The van der Waals surface area contributed by atoms with Crippen LogP contribution in [0.25, 0.3) is 0 Å². The van der Waals surface area contributed by atoms with Crippen LogP contribution in [0.4, 0.5) is 0 Å². The van der Waals surface area contributed by atoms with Gasteiger partial charge in [-0.2, -0.15) is 0 Å². The Labute approximate surface area is 156 Å². The minimum absolute atomic E-state index is 0.117. The molecule has 0 spiro atoms. The van der Waals surface area contributed by atoms with Crippen molar-refractivity contribution in [1.29, 1.82) is 0 Å². The molecule has 1 saturated heterocycles. The Bertz CT molecular complexity index is 583. The highest BCUT2D eigenvalue weighted by Crippen LogP contribution is 2.37. The Morgan fingerprint density at radius 1 is 1.29 bits per heavy atom. The van der Waals surface area contributed by atoms with E-state index in [2.05, 4.69) is 49.8 Å². The fourth-order valence-electron chi connectivity index (χ4n) is 2.75. The maximum absolute atomic E-state index is 13.0. The number of nitrogens with zero attached hydrogens (tertiary/aromatic N) is 1. The summed E-state index contributed by atoms with van der Waals surface area (Å²) in [6, 6.07) is 7.87. The van der Waals surface area contributed by atoms with Crippen molar-refractivity contribution in [2.45, 2.75) is 64.2 Å². The summed E-state index contributed by atoms with van der Waals surface area (Å²) in [7, 11) is -1.79. The molecule has 0 bridgehead atoms. The zero-order valence-corrected chi connectivity index (χ0v) is 18.1. The van der Waals surface area contributed by atoms with Gasteiger partial charge in [0, 0.05) is 11.0 Å². The zero-order chi connectivity index (χ0) is 18.0. The lowest BCUT2D eigenvalue weighted by atomic mass is 10.0. The summed E-state index contributed by atoms with van der Waals surface area (Å²) in [5.41, 5.74) is 0.747. The first-order chi connectivity index (χ1) is 11.1. The minimum Gasteiger partial charge on any atom is -0.415 e. The topological polar surface area (TPSA) is 29.5 Å². The van der Waals surface area contributed by atoms with Gasteiger partial charge in [-0.1, -0.05) is 32.9 Å². The fourth-order valence-corrected chi connectivity index (χ4v) is 4.25. The predicted molar refractivity (Wildman–Crippen MR) is 106 cm³/mol. The van der Waals surface area contributed by atoms with Gasteiger partial charge in [0.25, 0.3) is 5.91 Å². The van der Waals surface area contributed by atoms with Gasteiger partial charge in [0.05, 0.1) is 18.2 Å². The van der Waals surface area contributed by atoms with Gasteiger partial charge < -0.3 is 9.33 Å². The standard InChI is InChI=1S/C19H30BrNO2Si/c1-19(2,3)24(4,5)23-14-15-10-8-9-13-21(15)18(22)16-11-6-7-12-17(16)20/h6-7,11-12,15H,8-10,13-14H2,1-5H3/t15-/m0/s1.